The van der Waals surface area contributed by atoms with Crippen molar-refractivity contribution < 1.29 is 4.79 Å². The number of thiophene rings is 1. The molecule has 21 heavy (non-hydrogen) atoms. The van der Waals surface area contributed by atoms with Crippen molar-refractivity contribution in [3.8, 4) is 6.07 Å². The molecule has 1 saturated carbocycles. The summed E-state index contributed by atoms with van der Waals surface area (Å²) in [6.07, 6.45) is 7.63. The molecule has 0 unspecified atom stereocenters. The van der Waals surface area contributed by atoms with E-state index in [1.54, 1.807) is 11.3 Å². The number of fused-ring (bicyclic) bond motifs is 1. The molecule has 1 aliphatic heterocycles. The van der Waals surface area contributed by atoms with Crippen LogP contribution in [0.25, 0.3) is 0 Å². The van der Waals surface area contributed by atoms with Crippen LogP contribution in [0.5, 0.6) is 0 Å². The fraction of sp³-hybridized carbons (Fsp3) is 0.625. The van der Waals surface area contributed by atoms with E-state index in [0.29, 0.717) is 17.9 Å². The molecule has 0 aromatic carbocycles. The van der Waals surface area contributed by atoms with Crippen molar-refractivity contribution in [3.05, 3.63) is 16.0 Å². The van der Waals surface area contributed by atoms with E-state index in [4.69, 9.17) is 0 Å². The summed E-state index contributed by atoms with van der Waals surface area (Å²) >= 11 is 1.56. The topological polar surface area (TPSA) is 64.9 Å². The molecule has 0 radical (unpaired) electrons. The highest BCUT2D eigenvalue weighted by Crippen LogP contribution is 2.35. The Morgan fingerprint density at radius 2 is 2.19 bits per heavy atom. The van der Waals surface area contributed by atoms with Crippen LogP contribution in [0.15, 0.2) is 0 Å². The molecular formula is C16H21N3OS. The highest BCUT2D eigenvalue weighted by atomic mass is 32.1. The first-order valence-corrected chi connectivity index (χ1v) is 8.64. The van der Waals surface area contributed by atoms with Crippen LogP contribution in [0.3, 0.4) is 0 Å². The number of nitriles is 1. The number of hydrogen-bond acceptors (Lipinski definition) is 4. The lowest BCUT2D eigenvalue weighted by atomic mass is 9.87. The molecule has 112 valence electrons. The number of carbonyl (C=O) groups excluding carboxylic acids is 1. The number of hydrogen-bond donors (Lipinski definition) is 2. The second-order valence-corrected chi connectivity index (χ2v) is 7.11. The molecule has 3 rings (SSSR count). The first-order chi connectivity index (χ1) is 10.3. The van der Waals surface area contributed by atoms with Crippen LogP contribution in [0, 0.1) is 17.2 Å². The molecule has 1 fully saturated rings. The Kier molecular flexibility index (Phi) is 4.57. The number of amides is 1. The van der Waals surface area contributed by atoms with Crippen LogP contribution in [0.2, 0.25) is 0 Å². The van der Waals surface area contributed by atoms with E-state index in [1.165, 1.54) is 37.0 Å². The smallest absolute Gasteiger partial charge is 0.225 e. The average Bonchev–Trinajstić information content (AvgIpc) is 2.85. The normalized spacial score (nSPS) is 18.8. The Labute approximate surface area is 129 Å². The molecule has 0 bridgehead atoms. The van der Waals surface area contributed by atoms with Gasteiger partial charge in [-0.05, 0) is 37.3 Å². The van der Waals surface area contributed by atoms with Gasteiger partial charge in [0, 0.05) is 17.8 Å². The highest BCUT2D eigenvalue weighted by molar-refractivity contribution is 7.16. The quantitative estimate of drug-likeness (QED) is 0.901. The van der Waals surface area contributed by atoms with Gasteiger partial charge in [-0.25, -0.2) is 0 Å². The molecule has 2 heterocycles. The van der Waals surface area contributed by atoms with Gasteiger partial charge in [0.2, 0.25) is 5.91 Å². The molecule has 2 aliphatic rings. The van der Waals surface area contributed by atoms with Gasteiger partial charge in [-0.3, -0.25) is 4.79 Å². The van der Waals surface area contributed by atoms with Crippen molar-refractivity contribution in [2.75, 3.05) is 11.9 Å². The molecule has 4 nitrogen and oxygen atoms in total. The van der Waals surface area contributed by atoms with E-state index in [1.807, 2.05) is 0 Å². The predicted molar refractivity (Wildman–Crippen MR) is 84.3 cm³/mol. The van der Waals surface area contributed by atoms with Gasteiger partial charge in [-0.1, -0.05) is 19.3 Å². The maximum atomic E-state index is 12.2. The third-order valence-corrected chi connectivity index (χ3v) is 5.64. The average molecular weight is 303 g/mol. The predicted octanol–water partition coefficient (Wildman–Crippen LogP) is 3.17. The number of anilines is 1. The molecule has 0 spiro atoms. The standard InChI is InChI=1S/C16H21N3OS/c17-9-13-12-6-7-18-10-14(12)21-16(13)19-15(20)8-11-4-2-1-3-5-11/h11,18H,1-8,10H2,(H,19,20). The van der Waals surface area contributed by atoms with E-state index in [2.05, 4.69) is 16.7 Å². The molecule has 0 atom stereocenters. The first-order valence-electron chi connectivity index (χ1n) is 7.83. The van der Waals surface area contributed by atoms with Crippen LogP contribution in [-0.2, 0) is 17.8 Å². The third-order valence-electron chi connectivity index (χ3n) is 4.49. The third kappa shape index (κ3) is 3.28. The number of rotatable bonds is 3. The molecule has 5 heteroatoms. The minimum atomic E-state index is 0.0740. The molecule has 2 N–H and O–H groups in total. The van der Waals surface area contributed by atoms with Crippen molar-refractivity contribution in [1.82, 2.24) is 5.32 Å². The molecule has 1 amide bonds. The van der Waals surface area contributed by atoms with Crippen LogP contribution in [0.1, 0.15) is 54.5 Å². The summed E-state index contributed by atoms with van der Waals surface area (Å²) in [5.41, 5.74) is 1.82. The molecular weight excluding hydrogens is 282 g/mol. The molecule has 0 saturated heterocycles. The number of nitrogens with zero attached hydrogens (tertiary/aromatic N) is 1. The zero-order chi connectivity index (χ0) is 14.7. The second-order valence-electron chi connectivity index (χ2n) is 6.00. The van der Waals surface area contributed by atoms with E-state index in [0.717, 1.165) is 30.1 Å². The second kappa shape index (κ2) is 6.59. The van der Waals surface area contributed by atoms with Gasteiger partial charge in [0.1, 0.15) is 11.1 Å². The lowest BCUT2D eigenvalue weighted by molar-refractivity contribution is -0.117. The van der Waals surface area contributed by atoms with E-state index in [9.17, 15) is 10.1 Å². The molecule has 1 aromatic rings. The number of carbonyl (C=O) groups is 1. The van der Waals surface area contributed by atoms with Crippen molar-refractivity contribution in [2.45, 2.75) is 51.5 Å². The molecule has 1 aromatic heterocycles. The van der Waals surface area contributed by atoms with Gasteiger partial charge >= 0.3 is 0 Å². The van der Waals surface area contributed by atoms with Crippen molar-refractivity contribution in [2.24, 2.45) is 5.92 Å². The summed E-state index contributed by atoms with van der Waals surface area (Å²) in [5, 5.41) is 16.4. The summed E-state index contributed by atoms with van der Waals surface area (Å²) in [7, 11) is 0. The van der Waals surface area contributed by atoms with Crippen molar-refractivity contribution in [3.63, 3.8) is 0 Å². The minimum absolute atomic E-state index is 0.0740. The monoisotopic (exact) mass is 303 g/mol. The zero-order valence-corrected chi connectivity index (χ0v) is 13.0. The van der Waals surface area contributed by atoms with Crippen LogP contribution < -0.4 is 10.6 Å². The summed E-state index contributed by atoms with van der Waals surface area (Å²) < 4.78 is 0. The fourth-order valence-corrected chi connectivity index (χ4v) is 4.56. The number of nitrogens with one attached hydrogen (secondary N) is 2. The van der Waals surface area contributed by atoms with E-state index >= 15 is 0 Å². The van der Waals surface area contributed by atoms with Gasteiger partial charge < -0.3 is 10.6 Å². The van der Waals surface area contributed by atoms with E-state index < -0.39 is 0 Å². The minimum Gasteiger partial charge on any atom is -0.317 e. The van der Waals surface area contributed by atoms with Crippen LogP contribution in [-0.4, -0.2) is 12.5 Å². The Hall–Kier alpha value is -1.38. The molecule has 1 aliphatic carbocycles. The van der Waals surface area contributed by atoms with Gasteiger partial charge in [-0.15, -0.1) is 11.3 Å². The zero-order valence-electron chi connectivity index (χ0n) is 12.2. The van der Waals surface area contributed by atoms with Gasteiger partial charge in [0.15, 0.2) is 0 Å². The van der Waals surface area contributed by atoms with Crippen LogP contribution in [0.4, 0.5) is 5.00 Å². The fourth-order valence-electron chi connectivity index (χ4n) is 3.37. The highest BCUT2D eigenvalue weighted by Gasteiger charge is 2.23. The van der Waals surface area contributed by atoms with E-state index in [-0.39, 0.29) is 5.91 Å². The Balaban J connectivity index is 1.68. The maximum absolute atomic E-state index is 12.2. The van der Waals surface area contributed by atoms with Gasteiger partial charge in [0.25, 0.3) is 0 Å². The Morgan fingerprint density at radius 1 is 1.38 bits per heavy atom. The lowest BCUT2D eigenvalue weighted by Crippen LogP contribution is -2.22. The van der Waals surface area contributed by atoms with Crippen molar-refractivity contribution in [1.29, 1.82) is 5.26 Å². The van der Waals surface area contributed by atoms with Gasteiger partial charge in [-0.2, -0.15) is 5.26 Å². The van der Waals surface area contributed by atoms with Crippen LogP contribution >= 0.6 is 11.3 Å². The summed E-state index contributed by atoms with van der Waals surface area (Å²) in [6.45, 7) is 1.72. The lowest BCUT2D eigenvalue weighted by Gasteiger charge is -2.20. The maximum Gasteiger partial charge on any atom is 0.225 e. The Bertz CT molecular complexity index is 567. The van der Waals surface area contributed by atoms with Gasteiger partial charge in [0.05, 0.1) is 5.56 Å². The largest absolute Gasteiger partial charge is 0.317 e. The first kappa shape index (κ1) is 14.6. The summed E-state index contributed by atoms with van der Waals surface area (Å²) in [4.78, 5) is 13.4. The van der Waals surface area contributed by atoms with Crippen molar-refractivity contribution >= 4 is 22.2 Å². The SMILES string of the molecule is N#Cc1c(NC(=O)CC2CCCCC2)sc2c1CCNC2. The Morgan fingerprint density at radius 3 is 2.95 bits per heavy atom. The summed E-state index contributed by atoms with van der Waals surface area (Å²) in [5.74, 6) is 0.602. The summed E-state index contributed by atoms with van der Waals surface area (Å²) in [6, 6.07) is 2.28.